The van der Waals surface area contributed by atoms with Crippen LogP contribution in [0.4, 0.5) is 22.0 Å². The lowest BCUT2D eigenvalue weighted by Crippen LogP contribution is -2.38. The smallest absolute Gasteiger partial charge is 0.272 e. The molecular weight excluding hydrogens is 211 g/mol. The van der Waals surface area contributed by atoms with E-state index >= 15 is 0 Å². The van der Waals surface area contributed by atoms with Crippen molar-refractivity contribution < 1.29 is 31.4 Å². The number of epoxide rings is 1. The SMILES string of the molecule is FC(F)C(F)C(OCC1CO1)C(F)F. The zero-order valence-corrected chi connectivity index (χ0v) is 7.01. The number of halogens is 5. The van der Waals surface area contributed by atoms with Crippen molar-refractivity contribution in [3.8, 4) is 0 Å². The predicted octanol–water partition coefficient (Wildman–Crippen LogP) is 1.64. The Hall–Kier alpha value is -0.430. The van der Waals surface area contributed by atoms with Gasteiger partial charge in [-0.2, -0.15) is 0 Å². The minimum absolute atomic E-state index is 0.276. The molecule has 2 nitrogen and oxygen atoms in total. The third kappa shape index (κ3) is 3.38. The second-order valence-electron chi connectivity index (χ2n) is 2.87. The molecule has 0 radical (unpaired) electrons. The molecule has 0 N–H and O–H groups in total. The molecule has 0 bridgehead atoms. The van der Waals surface area contributed by atoms with E-state index in [4.69, 9.17) is 0 Å². The van der Waals surface area contributed by atoms with Crippen molar-refractivity contribution in [2.45, 2.75) is 31.2 Å². The highest BCUT2D eigenvalue weighted by Gasteiger charge is 2.38. The van der Waals surface area contributed by atoms with Gasteiger partial charge in [-0.15, -0.1) is 0 Å². The molecule has 0 aromatic carbocycles. The van der Waals surface area contributed by atoms with Crippen LogP contribution in [0.1, 0.15) is 0 Å². The Bertz CT molecular complexity index is 173. The zero-order valence-electron chi connectivity index (χ0n) is 7.01. The molecule has 1 fully saturated rings. The molecule has 1 rings (SSSR count). The second-order valence-corrected chi connectivity index (χ2v) is 2.87. The monoisotopic (exact) mass is 220 g/mol. The molecular formula is C7H9F5O2. The van der Waals surface area contributed by atoms with Gasteiger partial charge >= 0.3 is 0 Å². The van der Waals surface area contributed by atoms with Gasteiger partial charge in [0.25, 0.3) is 12.9 Å². The van der Waals surface area contributed by atoms with Crippen molar-refractivity contribution in [2.24, 2.45) is 0 Å². The Labute approximate surface area is 77.0 Å². The molecule has 14 heavy (non-hydrogen) atoms. The second kappa shape index (κ2) is 4.88. The number of ether oxygens (including phenoxy) is 2. The summed E-state index contributed by atoms with van der Waals surface area (Å²) in [6.07, 6.45) is -12.4. The third-order valence-corrected chi connectivity index (χ3v) is 1.68. The Morgan fingerprint density at radius 2 is 1.71 bits per heavy atom. The molecule has 0 spiro atoms. The molecule has 1 heterocycles. The van der Waals surface area contributed by atoms with Crippen LogP contribution < -0.4 is 0 Å². The highest BCUT2D eigenvalue weighted by Crippen LogP contribution is 2.21. The lowest BCUT2D eigenvalue weighted by molar-refractivity contribution is -0.129. The van der Waals surface area contributed by atoms with Gasteiger partial charge in [0, 0.05) is 0 Å². The van der Waals surface area contributed by atoms with Crippen LogP contribution in [0.25, 0.3) is 0 Å². The third-order valence-electron chi connectivity index (χ3n) is 1.68. The topological polar surface area (TPSA) is 21.8 Å². The average Bonchev–Trinajstić information content (AvgIpc) is 2.87. The van der Waals surface area contributed by atoms with Crippen LogP contribution in [0.2, 0.25) is 0 Å². The lowest BCUT2D eigenvalue weighted by atomic mass is 10.2. The minimum Gasteiger partial charge on any atom is -0.371 e. The van der Waals surface area contributed by atoms with Crippen molar-refractivity contribution in [1.82, 2.24) is 0 Å². The molecule has 84 valence electrons. The molecule has 1 saturated heterocycles. The normalized spacial score (nSPS) is 25.5. The van der Waals surface area contributed by atoms with Crippen LogP contribution in [-0.2, 0) is 9.47 Å². The average molecular weight is 220 g/mol. The van der Waals surface area contributed by atoms with E-state index in [9.17, 15) is 22.0 Å². The van der Waals surface area contributed by atoms with Crippen molar-refractivity contribution in [1.29, 1.82) is 0 Å². The summed E-state index contributed by atoms with van der Waals surface area (Å²) in [5.41, 5.74) is 0. The molecule has 0 saturated carbocycles. The van der Waals surface area contributed by atoms with Gasteiger partial charge in [-0.1, -0.05) is 0 Å². The van der Waals surface area contributed by atoms with Gasteiger partial charge in [0.1, 0.15) is 6.10 Å². The van der Waals surface area contributed by atoms with Crippen molar-refractivity contribution in [3.05, 3.63) is 0 Å². The van der Waals surface area contributed by atoms with E-state index < -0.39 is 25.1 Å². The zero-order chi connectivity index (χ0) is 10.7. The van der Waals surface area contributed by atoms with Gasteiger partial charge in [0.15, 0.2) is 12.3 Å². The number of alkyl halides is 5. The van der Waals surface area contributed by atoms with Crippen LogP contribution in [0.3, 0.4) is 0 Å². The summed E-state index contributed by atoms with van der Waals surface area (Å²) in [5.74, 6) is 0. The molecule has 3 unspecified atom stereocenters. The fraction of sp³-hybridized carbons (Fsp3) is 1.00. The summed E-state index contributed by atoms with van der Waals surface area (Å²) in [4.78, 5) is 0. The molecule has 1 aliphatic rings. The largest absolute Gasteiger partial charge is 0.371 e. The highest BCUT2D eigenvalue weighted by atomic mass is 19.3. The molecule has 0 aromatic heterocycles. The molecule has 1 aliphatic heterocycles. The number of rotatable bonds is 6. The van der Waals surface area contributed by atoms with Gasteiger partial charge in [0.05, 0.1) is 13.2 Å². The Kier molecular flexibility index (Phi) is 4.06. The van der Waals surface area contributed by atoms with Crippen molar-refractivity contribution >= 4 is 0 Å². The van der Waals surface area contributed by atoms with Crippen molar-refractivity contribution in [3.63, 3.8) is 0 Å². The van der Waals surface area contributed by atoms with E-state index in [1.807, 2.05) is 0 Å². The fourth-order valence-corrected chi connectivity index (χ4v) is 0.830. The summed E-state index contributed by atoms with van der Waals surface area (Å²) < 4.78 is 69.0. The summed E-state index contributed by atoms with van der Waals surface area (Å²) in [5, 5.41) is 0. The van der Waals surface area contributed by atoms with E-state index in [2.05, 4.69) is 9.47 Å². The maximum atomic E-state index is 12.5. The number of hydrogen-bond acceptors (Lipinski definition) is 2. The Morgan fingerprint density at radius 1 is 1.14 bits per heavy atom. The molecule has 0 amide bonds. The van der Waals surface area contributed by atoms with Crippen molar-refractivity contribution in [2.75, 3.05) is 13.2 Å². The first-order valence-electron chi connectivity index (χ1n) is 3.96. The quantitative estimate of drug-likeness (QED) is 0.501. The molecule has 0 aromatic rings. The maximum absolute atomic E-state index is 12.5. The summed E-state index contributed by atoms with van der Waals surface area (Å²) in [6.45, 7) is 0.0593. The van der Waals surface area contributed by atoms with Crippen LogP contribution in [0, 0.1) is 0 Å². The summed E-state index contributed by atoms with van der Waals surface area (Å²) in [7, 11) is 0. The first kappa shape index (κ1) is 11.6. The Morgan fingerprint density at radius 3 is 2.07 bits per heavy atom. The minimum atomic E-state index is -3.46. The summed E-state index contributed by atoms with van der Waals surface area (Å²) >= 11 is 0. The van der Waals surface area contributed by atoms with E-state index in [-0.39, 0.29) is 12.7 Å². The van der Waals surface area contributed by atoms with Gasteiger partial charge in [-0.3, -0.25) is 0 Å². The molecule has 7 heteroatoms. The summed E-state index contributed by atoms with van der Waals surface area (Å²) in [6, 6.07) is 0. The molecule has 3 atom stereocenters. The van der Waals surface area contributed by atoms with Gasteiger partial charge < -0.3 is 9.47 Å². The molecule has 0 aliphatic carbocycles. The van der Waals surface area contributed by atoms with E-state index in [0.717, 1.165) is 0 Å². The van der Waals surface area contributed by atoms with Gasteiger partial charge in [0.2, 0.25) is 0 Å². The highest BCUT2D eigenvalue weighted by molar-refractivity contribution is 4.76. The number of hydrogen-bond donors (Lipinski definition) is 0. The van der Waals surface area contributed by atoms with E-state index in [1.54, 1.807) is 0 Å². The standard InChI is InChI=1S/C7H9F5O2/c8-4(6(9)10)5(7(11)12)14-2-3-1-13-3/h3-7H,1-2H2. The Balaban J connectivity index is 2.35. The van der Waals surface area contributed by atoms with E-state index in [1.165, 1.54) is 0 Å². The van der Waals surface area contributed by atoms with Gasteiger partial charge in [-0.25, -0.2) is 22.0 Å². The van der Waals surface area contributed by atoms with E-state index in [0.29, 0.717) is 6.61 Å². The van der Waals surface area contributed by atoms with Crippen LogP contribution >= 0.6 is 0 Å². The maximum Gasteiger partial charge on any atom is 0.272 e. The predicted molar refractivity (Wildman–Crippen MR) is 36.4 cm³/mol. The van der Waals surface area contributed by atoms with Crippen LogP contribution in [-0.4, -0.2) is 44.4 Å². The van der Waals surface area contributed by atoms with Crippen LogP contribution in [0.5, 0.6) is 0 Å². The fourth-order valence-electron chi connectivity index (χ4n) is 0.830. The first-order chi connectivity index (χ1) is 6.52. The van der Waals surface area contributed by atoms with Gasteiger partial charge in [-0.05, 0) is 0 Å². The van der Waals surface area contributed by atoms with Crippen LogP contribution in [0.15, 0.2) is 0 Å². The lowest BCUT2D eigenvalue weighted by Gasteiger charge is -2.19. The first-order valence-corrected chi connectivity index (χ1v) is 3.96.